The van der Waals surface area contributed by atoms with Crippen LogP contribution in [0.25, 0.3) is 11.3 Å². The average molecular weight is 306 g/mol. The zero-order valence-electron chi connectivity index (χ0n) is 11.7. The van der Waals surface area contributed by atoms with Crippen LogP contribution in [0.15, 0.2) is 30.6 Å². The predicted molar refractivity (Wildman–Crippen MR) is 83.2 cm³/mol. The third-order valence-electron chi connectivity index (χ3n) is 3.01. The molecule has 0 radical (unpaired) electrons. The van der Waals surface area contributed by atoms with E-state index in [2.05, 4.69) is 20.5 Å². The molecular weight excluding hydrogens is 288 g/mol. The minimum Gasteiger partial charge on any atom is -0.394 e. The van der Waals surface area contributed by atoms with E-state index >= 15 is 0 Å². The smallest absolute Gasteiger partial charge is 0.269 e. The molecule has 0 fully saturated rings. The molecule has 2 aromatic rings. The quantitative estimate of drug-likeness (QED) is 0.717. The summed E-state index contributed by atoms with van der Waals surface area (Å²) in [5, 5.41) is 18.9. The lowest BCUT2D eigenvalue weighted by molar-refractivity contribution is 0.0910. The molecule has 0 spiro atoms. The Kier molecular flexibility index (Phi) is 5.77. The van der Waals surface area contributed by atoms with Crippen LogP contribution in [-0.2, 0) is 0 Å². The highest BCUT2D eigenvalue weighted by molar-refractivity contribution is 7.98. The first kappa shape index (κ1) is 15.5. The molecule has 3 N–H and O–H groups in total. The number of aliphatic hydroxyl groups excluding tert-OH is 1. The number of H-pyrrole nitrogens is 1. The van der Waals surface area contributed by atoms with E-state index in [9.17, 15) is 9.90 Å². The SMILES string of the molecule is CSCC[C@@H](CO)NC(=O)c1cc(-c2cccnc2)n[nH]1. The molecule has 0 bridgehead atoms. The number of nitrogens with one attached hydrogen (secondary N) is 2. The van der Waals surface area contributed by atoms with Crippen molar-refractivity contribution >= 4 is 17.7 Å². The minimum absolute atomic E-state index is 0.0735. The monoisotopic (exact) mass is 306 g/mol. The Balaban J connectivity index is 2.02. The third kappa shape index (κ3) is 4.30. The number of pyridine rings is 1. The van der Waals surface area contributed by atoms with Crippen molar-refractivity contribution in [2.24, 2.45) is 0 Å². The highest BCUT2D eigenvalue weighted by Gasteiger charge is 2.15. The van der Waals surface area contributed by atoms with Gasteiger partial charge in [0.25, 0.3) is 5.91 Å². The summed E-state index contributed by atoms with van der Waals surface area (Å²) in [6.07, 6.45) is 6.09. The van der Waals surface area contributed by atoms with Gasteiger partial charge in [-0.1, -0.05) is 0 Å². The fourth-order valence-electron chi connectivity index (χ4n) is 1.83. The van der Waals surface area contributed by atoms with Gasteiger partial charge in [-0.05, 0) is 36.6 Å². The van der Waals surface area contributed by atoms with Gasteiger partial charge in [-0.15, -0.1) is 0 Å². The normalized spacial score (nSPS) is 12.1. The van der Waals surface area contributed by atoms with Crippen molar-refractivity contribution in [2.45, 2.75) is 12.5 Å². The summed E-state index contributed by atoms with van der Waals surface area (Å²) in [7, 11) is 0. The highest BCUT2D eigenvalue weighted by Crippen LogP contribution is 2.15. The number of rotatable bonds is 7. The summed E-state index contributed by atoms with van der Waals surface area (Å²) in [4.78, 5) is 16.1. The molecule has 2 aromatic heterocycles. The van der Waals surface area contributed by atoms with E-state index in [1.54, 1.807) is 30.2 Å². The van der Waals surface area contributed by atoms with Crippen molar-refractivity contribution in [3.05, 3.63) is 36.3 Å². The molecule has 0 aliphatic rings. The topological polar surface area (TPSA) is 90.9 Å². The molecule has 1 atom stereocenters. The summed E-state index contributed by atoms with van der Waals surface area (Å²) in [5.74, 6) is 0.618. The van der Waals surface area contributed by atoms with Crippen LogP contribution in [-0.4, -0.2) is 50.9 Å². The van der Waals surface area contributed by atoms with E-state index in [0.717, 1.165) is 17.7 Å². The van der Waals surface area contributed by atoms with E-state index in [1.165, 1.54) is 0 Å². The zero-order chi connectivity index (χ0) is 15.1. The Morgan fingerprint density at radius 2 is 2.43 bits per heavy atom. The molecule has 0 saturated heterocycles. The van der Waals surface area contributed by atoms with Crippen LogP contribution in [0.4, 0.5) is 0 Å². The van der Waals surface area contributed by atoms with E-state index < -0.39 is 0 Å². The van der Waals surface area contributed by atoms with Gasteiger partial charge in [0.2, 0.25) is 0 Å². The van der Waals surface area contributed by atoms with E-state index in [0.29, 0.717) is 11.4 Å². The molecule has 0 aliphatic heterocycles. The lowest BCUT2D eigenvalue weighted by Gasteiger charge is -2.14. The largest absolute Gasteiger partial charge is 0.394 e. The molecule has 21 heavy (non-hydrogen) atoms. The Labute approximate surface area is 127 Å². The van der Waals surface area contributed by atoms with Gasteiger partial charge in [-0.2, -0.15) is 16.9 Å². The van der Waals surface area contributed by atoms with Crippen molar-refractivity contribution < 1.29 is 9.90 Å². The number of nitrogens with zero attached hydrogens (tertiary/aromatic N) is 2. The number of aromatic nitrogens is 3. The molecule has 7 heteroatoms. The molecule has 0 aromatic carbocycles. The number of hydrogen-bond acceptors (Lipinski definition) is 5. The van der Waals surface area contributed by atoms with Gasteiger partial charge in [-0.25, -0.2) is 0 Å². The Morgan fingerprint density at radius 3 is 3.10 bits per heavy atom. The molecule has 2 rings (SSSR count). The van der Waals surface area contributed by atoms with Crippen LogP contribution in [0.2, 0.25) is 0 Å². The number of amides is 1. The number of aliphatic hydroxyl groups is 1. The fourth-order valence-corrected chi connectivity index (χ4v) is 2.35. The first-order valence-corrected chi connectivity index (χ1v) is 8.00. The Morgan fingerprint density at radius 1 is 1.57 bits per heavy atom. The van der Waals surface area contributed by atoms with Gasteiger partial charge in [0.1, 0.15) is 5.69 Å². The first-order chi connectivity index (χ1) is 10.2. The second-order valence-corrected chi connectivity index (χ2v) is 5.53. The van der Waals surface area contributed by atoms with Crippen LogP contribution in [0.3, 0.4) is 0 Å². The van der Waals surface area contributed by atoms with E-state index in [4.69, 9.17) is 0 Å². The number of aromatic amines is 1. The highest BCUT2D eigenvalue weighted by atomic mass is 32.2. The van der Waals surface area contributed by atoms with Gasteiger partial charge in [0.05, 0.1) is 18.3 Å². The van der Waals surface area contributed by atoms with Gasteiger partial charge < -0.3 is 10.4 Å². The minimum atomic E-state index is -0.266. The van der Waals surface area contributed by atoms with Crippen LogP contribution < -0.4 is 5.32 Å². The second kappa shape index (κ2) is 7.80. The van der Waals surface area contributed by atoms with Crippen molar-refractivity contribution in [1.82, 2.24) is 20.5 Å². The van der Waals surface area contributed by atoms with Gasteiger partial charge in [0, 0.05) is 18.0 Å². The molecule has 0 aliphatic carbocycles. The molecule has 0 unspecified atom stereocenters. The molecule has 6 nitrogen and oxygen atoms in total. The van der Waals surface area contributed by atoms with Crippen LogP contribution in [0, 0.1) is 0 Å². The van der Waals surface area contributed by atoms with Crippen LogP contribution in [0.5, 0.6) is 0 Å². The average Bonchev–Trinajstić information content (AvgIpc) is 3.02. The standard InChI is InChI=1S/C14H18N4O2S/c1-21-6-4-11(9-19)16-14(20)13-7-12(17-18-13)10-3-2-5-15-8-10/h2-3,5,7-8,11,19H,4,6,9H2,1H3,(H,16,20)(H,17,18)/t11-/m0/s1. The number of carbonyl (C=O) groups excluding carboxylic acids is 1. The first-order valence-electron chi connectivity index (χ1n) is 6.61. The number of hydrogen-bond donors (Lipinski definition) is 3. The van der Waals surface area contributed by atoms with Gasteiger partial charge in [0.15, 0.2) is 0 Å². The van der Waals surface area contributed by atoms with Gasteiger partial charge >= 0.3 is 0 Å². The Hall–Kier alpha value is -1.86. The van der Waals surface area contributed by atoms with Crippen molar-refractivity contribution in [2.75, 3.05) is 18.6 Å². The zero-order valence-corrected chi connectivity index (χ0v) is 12.6. The lowest BCUT2D eigenvalue weighted by Crippen LogP contribution is -2.38. The third-order valence-corrected chi connectivity index (χ3v) is 3.65. The summed E-state index contributed by atoms with van der Waals surface area (Å²) < 4.78 is 0. The second-order valence-electron chi connectivity index (χ2n) is 4.54. The maximum atomic E-state index is 12.1. The molecule has 1 amide bonds. The summed E-state index contributed by atoms with van der Waals surface area (Å²) in [6.45, 7) is -0.0735. The predicted octanol–water partition coefficient (Wildman–Crippen LogP) is 1.32. The lowest BCUT2D eigenvalue weighted by atomic mass is 10.2. The maximum Gasteiger partial charge on any atom is 0.269 e. The van der Waals surface area contributed by atoms with Gasteiger partial charge in [-0.3, -0.25) is 14.9 Å². The molecule has 0 saturated carbocycles. The van der Waals surface area contributed by atoms with Crippen LogP contribution >= 0.6 is 11.8 Å². The van der Waals surface area contributed by atoms with Crippen molar-refractivity contribution in [1.29, 1.82) is 0 Å². The molecule has 2 heterocycles. The van der Waals surface area contributed by atoms with Crippen molar-refractivity contribution in [3.63, 3.8) is 0 Å². The Bertz CT molecular complexity index is 573. The molecule has 112 valence electrons. The summed E-state index contributed by atoms with van der Waals surface area (Å²) in [5.41, 5.74) is 1.88. The summed E-state index contributed by atoms with van der Waals surface area (Å²) in [6, 6.07) is 5.12. The fraction of sp³-hybridized carbons (Fsp3) is 0.357. The molecular formula is C14H18N4O2S. The summed E-state index contributed by atoms with van der Waals surface area (Å²) >= 11 is 1.68. The maximum absolute atomic E-state index is 12.1. The number of thioether (sulfide) groups is 1. The van der Waals surface area contributed by atoms with E-state index in [1.807, 2.05) is 18.4 Å². The van der Waals surface area contributed by atoms with Crippen molar-refractivity contribution in [3.8, 4) is 11.3 Å². The number of carbonyl (C=O) groups is 1. The van der Waals surface area contributed by atoms with Crippen LogP contribution in [0.1, 0.15) is 16.9 Å². The van der Waals surface area contributed by atoms with E-state index in [-0.39, 0.29) is 18.6 Å².